The lowest BCUT2D eigenvalue weighted by Crippen LogP contribution is -2.30. The molecule has 5 heteroatoms. The first-order valence-electron chi connectivity index (χ1n) is 8.42. The second-order valence-corrected chi connectivity index (χ2v) is 5.94. The van der Waals surface area contributed by atoms with Crippen LogP contribution in [0.4, 0.5) is 0 Å². The number of methoxy groups -OCH3 is 1. The fourth-order valence-electron chi connectivity index (χ4n) is 2.88. The molecular weight excluding hydrogens is 342 g/mol. The third-order valence-corrected chi connectivity index (χ3v) is 4.26. The second kappa shape index (κ2) is 8.19. The lowest BCUT2D eigenvalue weighted by Gasteiger charge is -2.20. The first-order valence-corrected chi connectivity index (χ1v) is 8.42. The second-order valence-electron chi connectivity index (χ2n) is 5.94. The van der Waals surface area contributed by atoms with Crippen LogP contribution in [0, 0.1) is 0 Å². The molecule has 0 bridgehead atoms. The summed E-state index contributed by atoms with van der Waals surface area (Å²) in [6.45, 7) is 0. The van der Waals surface area contributed by atoms with Gasteiger partial charge in [-0.15, -0.1) is 0 Å². The Bertz CT molecular complexity index is 936. The predicted octanol–water partition coefficient (Wildman–Crippen LogP) is 3.91. The van der Waals surface area contributed by atoms with E-state index in [1.807, 2.05) is 54.6 Å². The lowest BCUT2D eigenvalue weighted by atomic mass is 9.97. The van der Waals surface area contributed by atoms with Crippen LogP contribution in [0.5, 0.6) is 5.75 Å². The van der Waals surface area contributed by atoms with Gasteiger partial charge >= 0.3 is 5.97 Å². The summed E-state index contributed by atoms with van der Waals surface area (Å²) in [7, 11) is 1.59. The highest BCUT2D eigenvalue weighted by Crippen LogP contribution is 2.25. The van der Waals surface area contributed by atoms with E-state index in [2.05, 4.69) is 5.32 Å². The molecule has 0 saturated carbocycles. The van der Waals surface area contributed by atoms with Crippen LogP contribution in [0.3, 0.4) is 0 Å². The molecule has 0 unspecified atom stereocenters. The minimum absolute atomic E-state index is 0.0310. The summed E-state index contributed by atoms with van der Waals surface area (Å²) in [5, 5.41) is 12.3. The number of hydrogen-bond acceptors (Lipinski definition) is 3. The third-order valence-electron chi connectivity index (χ3n) is 4.26. The van der Waals surface area contributed by atoms with Crippen molar-refractivity contribution >= 4 is 11.9 Å². The van der Waals surface area contributed by atoms with Gasteiger partial charge in [-0.2, -0.15) is 0 Å². The molecule has 0 aliphatic heterocycles. The van der Waals surface area contributed by atoms with Gasteiger partial charge in [0, 0.05) is 0 Å². The number of amides is 1. The van der Waals surface area contributed by atoms with Crippen molar-refractivity contribution in [1.29, 1.82) is 0 Å². The molecule has 1 amide bonds. The molecule has 0 aromatic heterocycles. The highest BCUT2D eigenvalue weighted by molar-refractivity contribution is 6.05. The molecule has 0 aliphatic rings. The summed E-state index contributed by atoms with van der Waals surface area (Å²) >= 11 is 0. The van der Waals surface area contributed by atoms with Crippen LogP contribution in [0.2, 0.25) is 0 Å². The molecule has 3 rings (SSSR count). The van der Waals surface area contributed by atoms with E-state index in [4.69, 9.17) is 4.74 Å². The largest absolute Gasteiger partial charge is 0.497 e. The smallest absolute Gasteiger partial charge is 0.336 e. The minimum atomic E-state index is -1.14. The normalized spacial score (nSPS) is 11.4. The average Bonchev–Trinajstić information content (AvgIpc) is 2.72. The first-order chi connectivity index (χ1) is 13.1. The molecule has 1 atom stereocenters. The van der Waals surface area contributed by atoms with E-state index in [-0.39, 0.29) is 11.1 Å². The maximum Gasteiger partial charge on any atom is 0.336 e. The monoisotopic (exact) mass is 361 g/mol. The Labute approximate surface area is 157 Å². The number of carbonyl (C=O) groups is 2. The molecule has 136 valence electrons. The van der Waals surface area contributed by atoms with Gasteiger partial charge < -0.3 is 15.2 Å². The van der Waals surface area contributed by atoms with Gasteiger partial charge in [-0.1, -0.05) is 54.6 Å². The van der Waals surface area contributed by atoms with E-state index >= 15 is 0 Å². The summed E-state index contributed by atoms with van der Waals surface area (Å²) in [4.78, 5) is 24.3. The van der Waals surface area contributed by atoms with E-state index in [9.17, 15) is 14.7 Å². The van der Waals surface area contributed by atoms with Gasteiger partial charge in [0.2, 0.25) is 0 Å². The molecule has 2 N–H and O–H groups in total. The van der Waals surface area contributed by atoms with E-state index in [0.29, 0.717) is 5.75 Å². The Morgan fingerprint density at radius 3 is 1.96 bits per heavy atom. The van der Waals surface area contributed by atoms with Crippen LogP contribution in [0.1, 0.15) is 37.9 Å². The van der Waals surface area contributed by atoms with Crippen LogP contribution in [0.25, 0.3) is 0 Å². The number of aromatic carboxylic acids is 1. The van der Waals surface area contributed by atoms with Crippen molar-refractivity contribution < 1.29 is 19.4 Å². The number of ether oxygens (including phenoxy) is 1. The predicted molar refractivity (Wildman–Crippen MR) is 102 cm³/mol. The molecule has 3 aromatic carbocycles. The zero-order valence-corrected chi connectivity index (χ0v) is 14.8. The van der Waals surface area contributed by atoms with Crippen LogP contribution >= 0.6 is 0 Å². The molecule has 0 heterocycles. The van der Waals surface area contributed by atoms with Crippen LogP contribution < -0.4 is 10.1 Å². The molecular formula is C22H19NO4. The Morgan fingerprint density at radius 2 is 1.37 bits per heavy atom. The van der Waals surface area contributed by atoms with Crippen LogP contribution in [0.15, 0.2) is 78.9 Å². The SMILES string of the molecule is COc1ccc([C@H](NC(=O)c2ccccc2C(=O)O)c2ccccc2)cc1. The van der Waals surface area contributed by atoms with Gasteiger partial charge in [0.05, 0.1) is 24.3 Å². The van der Waals surface area contributed by atoms with E-state index in [1.54, 1.807) is 19.2 Å². The highest BCUT2D eigenvalue weighted by atomic mass is 16.5. The molecule has 0 aliphatic carbocycles. The summed E-state index contributed by atoms with van der Waals surface area (Å²) in [5.74, 6) is -0.868. The van der Waals surface area contributed by atoms with Gasteiger partial charge in [-0.3, -0.25) is 4.79 Å². The van der Waals surface area contributed by atoms with Crippen molar-refractivity contribution in [2.45, 2.75) is 6.04 Å². The fraction of sp³-hybridized carbons (Fsp3) is 0.0909. The quantitative estimate of drug-likeness (QED) is 0.698. The van der Waals surface area contributed by atoms with E-state index in [0.717, 1.165) is 11.1 Å². The summed E-state index contributed by atoms with van der Waals surface area (Å²) in [6.07, 6.45) is 0. The number of carbonyl (C=O) groups excluding carboxylic acids is 1. The number of hydrogen-bond donors (Lipinski definition) is 2. The zero-order valence-electron chi connectivity index (χ0n) is 14.8. The van der Waals surface area contributed by atoms with Gasteiger partial charge in [0.25, 0.3) is 5.91 Å². The van der Waals surface area contributed by atoms with Crippen molar-refractivity contribution in [3.8, 4) is 5.75 Å². The standard InChI is InChI=1S/C22H19NO4/c1-27-17-13-11-16(12-14-17)20(15-7-3-2-4-8-15)23-21(24)18-9-5-6-10-19(18)22(25)26/h2-14,20H,1H3,(H,23,24)(H,25,26)/t20-/m1/s1. The highest BCUT2D eigenvalue weighted by Gasteiger charge is 2.21. The lowest BCUT2D eigenvalue weighted by molar-refractivity contribution is 0.0690. The topological polar surface area (TPSA) is 75.6 Å². The van der Waals surface area contributed by atoms with Crippen molar-refractivity contribution in [2.75, 3.05) is 7.11 Å². The number of carboxylic acids is 1. The molecule has 0 spiro atoms. The van der Waals surface area contributed by atoms with Crippen molar-refractivity contribution in [3.05, 3.63) is 101 Å². The Kier molecular flexibility index (Phi) is 5.52. The Hall–Kier alpha value is -3.60. The van der Waals surface area contributed by atoms with Crippen LogP contribution in [-0.4, -0.2) is 24.1 Å². The maximum atomic E-state index is 12.9. The summed E-state index contributed by atoms with van der Waals surface area (Å²) in [6, 6.07) is 22.7. The summed E-state index contributed by atoms with van der Waals surface area (Å²) < 4.78 is 5.19. The number of carboxylic acid groups (broad SMARTS) is 1. The maximum absolute atomic E-state index is 12.9. The van der Waals surface area contributed by atoms with Crippen molar-refractivity contribution in [1.82, 2.24) is 5.32 Å². The number of nitrogens with one attached hydrogen (secondary N) is 1. The van der Waals surface area contributed by atoms with Crippen molar-refractivity contribution in [2.24, 2.45) is 0 Å². The zero-order chi connectivity index (χ0) is 19.2. The van der Waals surface area contributed by atoms with Crippen molar-refractivity contribution in [3.63, 3.8) is 0 Å². The van der Waals surface area contributed by atoms with E-state index in [1.165, 1.54) is 12.1 Å². The van der Waals surface area contributed by atoms with Gasteiger partial charge in [-0.25, -0.2) is 4.79 Å². The molecule has 27 heavy (non-hydrogen) atoms. The molecule has 3 aromatic rings. The number of rotatable bonds is 6. The summed E-state index contributed by atoms with van der Waals surface area (Å²) in [5.41, 5.74) is 1.85. The van der Waals surface area contributed by atoms with Gasteiger partial charge in [0.15, 0.2) is 0 Å². The molecule has 0 fully saturated rings. The van der Waals surface area contributed by atoms with Gasteiger partial charge in [-0.05, 0) is 35.4 Å². The Balaban J connectivity index is 1.97. The average molecular weight is 361 g/mol. The molecule has 0 saturated heterocycles. The Morgan fingerprint density at radius 1 is 0.815 bits per heavy atom. The fourth-order valence-corrected chi connectivity index (χ4v) is 2.88. The van der Waals surface area contributed by atoms with Gasteiger partial charge in [0.1, 0.15) is 5.75 Å². The first kappa shape index (κ1) is 18.2. The minimum Gasteiger partial charge on any atom is -0.497 e. The third kappa shape index (κ3) is 4.15. The van der Waals surface area contributed by atoms with Crippen LogP contribution in [-0.2, 0) is 0 Å². The molecule has 0 radical (unpaired) electrons. The number of benzene rings is 3. The molecule has 5 nitrogen and oxygen atoms in total. The van der Waals surface area contributed by atoms with E-state index < -0.39 is 17.9 Å².